The van der Waals surface area contributed by atoms with E-state index in [2.05, 4.69) is 10.6 Å². The highest BCUT2D eigenvalue weighted by Crippen LogP contribution is 2.23. The molecule has 0 saturated heterocycles. The lowest BCUT2D eigenvalue weighted by atomic mass is 10.2. The van der Waals surface area contributed by atoms with Crippen LogP contribution in [0.15, 0.2) is 24.3 Å². The third kappa shape index (κ3) is 4.21. The second-order valence-electron chi connectivity index (χ2n) is 3.71. The third-order valence-electron chi connectivity index (χ3n) is 2.13. The van der Waals surface area contributed by atoms with Crippen molar-refractivity contribution < 1.29 is 9.53 Å². The Hall–Kier alpha value is -1.82. The average Bonchev–Trinajstić information content (AvgIpc) is 2.29. The molecule has 5 nitrogen and oxygen atoms in total. The number of anilines is 2. The molecular formula is C12H17N3O2S. The van der Waals surface area contributed by atoms with Gasteiger partial charge < -0.3 is 15.0 Å². The number of alkyl carbamates (subject to hydrolysis) is 1. The number of para-hydroxylation sites is 2. The van der Waals surface area contributed by atoms with Crippen LogP contribution in [-0.2, 0) is 4.74 Å². The maximum Gasteiger partial charge on any atom is 0.413 e. The highest BCUT2D eigenvalue weighted by molar-refractivity contribution is 7.80. The van der Waals surface area contributed by atoms with Gasteiger partial charge in [-0.05, 0) is 31.3 Å². The third-order valence-corrected chi connectivity index (χ3v) is 2.33. The smallest absolute Gasteiger partial charge is 0.413 e. The highest BCUT2D eigenvalue weighted by atomic mass is 32.1. The molecule has 0 bridgehead atoms. The Kier molecular flexibility index (Phi) is 5.38. The minimum Gasteiger partial charge on any atom is -0.450 e. The van der Waals surface area contributed by atoms with Gasteiger partial charge in [-0.1, -0.05) is 12.1 Å². The quantitative estimate of drug-likeness (QED) is 0.822. The summed E-state index contributed by atoms with van der Waals surface area (Å²) < 4.78 is 4.74. The Bertz CT molecular complexity index is 435. The number of nitrogens with one attached hydrogen (secondary N) is 2. The molecule has 0 radical (unpaired) electrons. The lowest BCUT2D eigenvalue weighted by Gasteiger charge is -2.18. The van der Waals surface area contributed by atoms with Crippen LogP contribution in [0.5, 0.6) is 0 Å². The van der Waals surface area contributed by atoms with E-state index in [9.17, 15) is 4.79 Å². The molecule has 0 aromatic heterocycles. The van der Waals surface area contributed by atoms with Crippen LogP contribution in [0.3, 0.4) is 0 Å². The summed E-state index contributed by atoms with van der Waals surface area (Å²) in [5.41, 5.74) is 1.80. The molecule has 0 aliphatic rings. The van der Waals surface area contributed by atoms with Gasteiger partial charge in [0.05, 0.1) is 18.0 Å². The van der Waals surface area contributed by atoms with E-state index in [4.69, 9.17) is 17.0 Å². The molecular weight excluding hydrogens is 250 g/mol. The number of hydrogen-bond donors (Lipinski definition) is 2. The Morgan fingerprint density at radius 1 is 1.39 bits per heavy atom. The number of benzene rings is 1. The fourth-order valence-electron chi connectivity index (χ4n) is 1.38. The molecule has 0 saturated carbocycles. The van der Waals surface area contributed by atoms with Gasteiger partial charge in [-0.15, -0.1) is 0 Å². The maximum absolute atomic E-state index is 11.2. The molecule has 0 aliphatic heterocycles. The summed E-state index contributed by atoms with van der Waals surface area (Å²) in [6, 6.07) is 7.66. The summed E-state index contributed by atoms with van der Waals surface area (Å²) >= 11 is 5.03. The second-order valence-corrected chi connectivity index (χ2v) is 4.12. The Balaban J connectivity index is 2.67. The van der Waals surface area contributed by atoms with Gasteiger partial charge in [-0.25, -0.2) is 4.79 Å². The molecule has 0 unspecified atom stereocenters. The number of rotatable bonds is 3. The molecule has 1 aromatic carbocycles. The summed E-state index contributed by atoms with van der Waals surface area (Å²) in [7, 11) is 3.87. The van der Waals surface area contributed by atoms with Crippen molar-refractivity contribution in [3.05, 3.63) is 24.3 Å². The van der Waals surface area contributed by atoms with Crippen LogP contribution < -0.4 is 15.5 Å². The van der Waals surface area contributed by atoms with E-state index in [-0.39, 0.29) is 5.11 Å². The van der Waals surface area contributed by atoms with Crippen LogP contribution in [0.2, 0.25) is 0 Å². The first kappa shape index (κ1) is 14.2. The number of thiocarbonyl (C=S) groups is 1. The lowest BCUT2D eigenvalue weighted by molar-refractivity contribution is 0.158. The van der Waals surface area contributed by atoms with Crippen molar-refractivity contribution >= 4 is 34.8 Å². The normalized spacial score (nSPS) is 9.50. The number of carbonyl (C=O) groups is 1. The fourth-order valence-corrected chi connectivity index (χ4v) is 1.58. The van der Waals surface area contributed by atoms with E-state index >= 15 is 0 Å². The van der Waals surface area contributed by atoms with E-state index in [1.54, 1.807) is 6.92 Å². The first-order valence-electron chi connectivity index (χ1n) is 5.55. The average molecular weight is 267 g/mol. The number of ether oxygens (including phenoxy) is 1. The van der Waals surface area contributed by atoms with Gasteiger partial charge in [0.2, 0.25) is 0 Å². The van der Waals surface area contributed by atoms with Crippen molar-refractivity contribution in [1.29, 1.82) is 0 Å². The van der Waals surface area contributed by atoms with Crippen molar-refractivity contribution in [1.82, 2.24) is 5.32 Å². The Morgan fingerprint density at radius 3 is 2.67 bits per heavy atom. The van der Waals surface area contributed by atoms with Gasteiger partial charge in [0.25, 0.3) is 0 Å². The number of amides is 1. The van der Waals surface area contributed by atoms with Gasteiger partial charge >= 0.3 is 6.09 Å². The van der Waals surface area contributed by atoms with E-state index in [1.807, 2.05) is 43.3 Å². The summed E-state index contributed by atoms with van der Waals surface area (Å²) in [6.07, 6.45) is -0.558. The number of carbonyl (C=O) groups excluding carboxylic acids is 1. The van der Waals surface area contributed by atoms with Crippen molar-refractivity contribution in [2.75, 3.05) is 30.9 Å². The molecule has 1 rings (SSSR count). The van der Waals surface area contributed by atoms with Crippen LogP contribution >= 0.6 is 12.2 Å². The minimum absolute atomic E-state index is 0.211. The number of nitrogens with zero attached hydrogens (tertiary/aromatic N) is 1. The molecule has 1 aromatic rings. The van der Waals surface area contributed by atoms with E-state index in [0.717, 1.165) is 11.4 Å². The van der Waals surface area contributed by atoms with Gasteiger partial charge in [0.1, 0.15) is 0 Å². The predicted molar refractivity (Wildman–Crippen MR) is 77.1 cm³/mol. The van der Waals surface area contributed by atoms with Crippen LogP contribution in [0.25, 0.3) is 0 Å². The lowest BCUT2D eigenvalue weighted by Crippen LogP contribution is -2.34. The number of hydrogen-bond acceptors (Lipinski definition) is 4. The predicted octanol–water partition coefficient (Wildman–Crippen LogP) is 2.20. The van der Waals surface area contributed by atoms with Crippen LogP contribution in [0, 0.1) is 0 Å². The van der Waals surface area contributed by atoms with Gasteiger partial charge in [0.15, 0.2) is 5.11 Å². The molecule has 6 heteroatoms. The molecule has 1 amide bonds. The van der Waals surface area contributed by atoms with E-state index < -0.39 is 6.09 Å². The zero-order chi connectivity index (χ0) is 13.5. The molecule has 0 heterocycles. The summed E-state index contributed by atoms with van der Waals surface area (Å²) in [5.74, 6) is 0. The summed E-state index contributed by atoms with van der Waals surface area (Å²) in [4.78, 5) is 13.1. The van der Waals surface area contributed by atoms with Crippen LogP contribution in [-0.4, -0.2) is 31.9 Å². The molecule has 0 spiro atoms. The molecule has 0 aliphatic carbocycles. The molecule has 98 valence electrons. The Morgan fingerprint density at radius 2 is 2.06 bits per heavy atom. The van der Waals surface area contributed by atoms with Crippen molar-refractivity contribution in [3.8, 4) is 0 Å². The molecule has 18 heavy (non-hydrogen) atoms. The Labute approximate surface area is 112 Å². The summed E-state index contributed by atoms with van der Waals surface area (Å²) in [5, 5.41) is 5.61. The standard InChI is InChI=1S/C12H17N3O2S/c1-4-17-12(16)14-11(18)13-9-7-5-6-8-10(9)15(2)3/h5-8H,4H2,1-3H3,(H2,13,14,16,18). The fraction of sp³-hybridized carbons (Fsp3) is 0.333. The maximum atomic E-state index is 11.2. The van der Waals surface area contributed by atoms with Gasteiger partial charge in [-0.2, -0.15) is 0 Å². The highest BCUT2D eigenvalue weighted by Gasteiger charge is 2.08. The first-order valence-corrected chi connectivity index (χ1v) is 5.96. The molecule has 0 fully saturated rings. The van der Waals surface area contributed by atoms with E-state index in [0.29, 0.717) is 6.61 Å². The van der Waals surface area contributed by atoms with Crippen LogP contribution in [0.1, 0.15) is 6.92 Å². The monoisotopic (exact) mass is 267 g/mol. The SMILES string of the molecule is CCOC(=O)NC(=S)Nc1ccccc1N(C)C. The van der Waals surface area contributed by atoms with Gasteiger partial charge in [-0.3, -0.25) is 5.32 Å². The summed E-state index contributed by atoms with van der Waals surface area (Å²) in [6.45, 7) is 2.04. The van der Waals surface area contributed by atoms with E-state index in [1.165, 1.54) is 0 Å². The first-order chi connectivity index (χ1) is 8.54. The minimum atomic E-state index is -0.558. The van der Waals surface area contributed by atoms with Crippen molar-refractivity contribution in [2.24, 2.45) is 0 Å². The zero-order valence-corrected chi connectivity index (χ0v) is 11.5. The van der Waals surface area contributed by atoms with Gasteiger partial charge in [0, 0.05) is 14.1 Å². The second kappa shape index (κ2) is 6.80. The topological polar surface area (TPSA) is 53.6 Å². The van der Waals surface area contributed by atoms with Crippen LogP contribution in [0.4, 0.5) is 16.2 Å². The van der Waals surface area contributed by atoms with Crippen molar-refractivity contribution in [3.63, 3.8) is 0 Å². The molecule has 0 atom stereocenters. The largest absolute Gasteiger partial charge is 0.450 e. The molecule has 2 N–H and O–H groups in total. The zero-order valence-electron chi connectivity index (χ0n) is 10.7. The van der Waals surface area contributed by atoms with Crippen molar-refractivity contribution in [2.45, 2.75) is 6.92 Å².